The summed E-state index contributed by atoms with van der Waals surface area (Å²) < 4.78 is 12.7. The van der Waals surface area contributed by atoms with Gasteiger partial charge in [-0.2, -0.15) is 5.10 Å². The summed E-state index contributed by atoms with van der Waals surface area (Å²) in [5, 5.41) is 14.7. The normalized spacial score (nSPS) is 15.3. The Bertz CT molecular complexity index is 607. The van der Waals surface area contributed by atoms with Crippen LogP contribution in [0.15, 0.2) is 24.4 Å². The Balaban J connectivity index is 1.95. The summed E-state index contributed by atoms with van der Waals surface area (Å²) in [6, 6.07) is 5.51. The largest absolute Gasteiger partial charge is 0.486 e. The van der Waals surface area contributed by atoms with Gasteiger partial charge in [-0.3, -0.25) is 4.68 Å². The minimum absolute atomic E-state index is 0.540. The third-order valence-electron chi connectivity index (χ3n) is 3.23. The van der Waals surface area contributed by atoms with E-state index in [0.717, 1.165) is 22.6 Å². The Labute approximate surface area is 111 Å². The standard InChI is InChI=1S/C14H16N2O3/c1-9-11(8-16(2)15-9)14(17)10-3-4-12-13(7-10)19-6-5-18-12/h3-4,7-8,14,17H,5-6H2,1-2H3. The van der Waals surface area contributed by atoms with Gasteiger partial charge in [-0.15, -0.1) is 0 Å². The van der Waals surface area contributed by atoms with Crippen LogP contribution in [0, 0.1) is 6.92 Å². The molecule has 0 fully saturated rings. The van der Waals surface area contributed by atoms with Crippen molar-refractivity contribution in [1.82, 2.24) is 9.78 Å². The molecule has 5 nitrogen and oxygen atoms in total. The maximum Gasteiger partial charge on any atom is 0.161 e. The molecule has 0 aliphatic carbocycles. The second-order valence-electron chi connectivity index (χ2n) is 4.65. The Morgan fingerprint density at radius 1 is 1.26 bits per heavy atom. The SMILES string of the molecule is Cc1nn(C)cc1C(O)c1ccc2c(c1)OCCO2. The molecule has 0 spiro atoms. The highest BCUT2D eigenvalue weighted by molar-refractivity contribution is 5.46. The van der Waals surface area contributed by atoms with Gasteiger partial charge >= 0.3 is 0 Å². The molecule has 0 amide bonds. The van der Waals surface area contributed by atoms with Crippen LogP contribution in [0.2, 0.25) is 0 Å². The molecule has 1 aliphatic rings. The van der Waals surface area contributed by atoms with E-state index in [-0.39, 0.29) is 0 Å². The van der Waals surface area contributed by atoms with Gasteiger partial charge in [0, 0.05) is 18.8 Å². The van der Waals surface area contributed by atoms with Gasteiger partial charge in [-0.1, -0.05) is 6.07 Å². The van der Waals surface area contributed by atoms with E-state index in [1.807, 2.05) is 38.4 Å². The first-order valence-electron chi connectivity index (χ1n) is 6.23. The maximum absolute atomic E-state index is 10.4. The van der Waals surface area contributed by atoms with Gasteiger partial charge < -0.3 is 14.6 Å². The van der Waals surface area contributed by atoms with E-state index in [1.54, 1.807) is 4.68 Å². The van der Waals surface area contributed by atoms with Crippen molar-refractivity contribution in [2.45, 2.75) is 13.0 Å². The predicted molar refractivity (Wildman–Crippen MR) is 69.4 cm³/mol. The molecule has 0 radical (unpaired) electrons. The highest BCUT2D eigenvalue weighted by Crippen LogP contribution is 2.34. The first kappa shape index (κ1) is 12.0. The van der Waals surface area contributed by atoms with Crippen LogP contribution in [-0.4, -0.2) is 28.1 Å². The zero-order chi connectivity index (χ0) is 13.4. The van der Waals surface area contributed by atoms with Gasteiger partial charge in [-0.25, -0.2) is 0 Å². The zero-order valence-electron chi connectivity index (χ0n) is 11.0. The average molecular weight is 260 g/mol. The third kappa shape index (κ3) is 2.17. The zero-order valence-corrected chi connectivity index (χ0v) is 11.0. The fraction of sp³-hybridized carbons (Fsp3) is 0.357. The summed E-state index contributed by atoms with van der Waals surface area (Å²) in [4.78, 5) is 0. The van der Waals surface area contributed by atoms with Gasteiger partial charge in [0.1, 0.15) is 19.3 Å². The molecular formula is C14H16N2O3. The fourth-order valence-corrected chi connectivity index (χ4v) is 2.30. The van der Waals surface area contributed by atoms with Crippen molar-refractivity contribution in [2.24, 2.45) is 7.05 Å². The number of fused-ring (bicyclic) bond motifs is 1. The van der Waals surface area contributed by atoms with Crippen LogP contribution in [0.3, 0.4) is 0 Å². The van der Waals surface area contributed by atoms with E-state index >= 15 is 0 Å². The Kier molecular flexibility index (Phi) is 2.91. The van der Waals surface area contributed by atoms with Gasteiger partial charge in [-0.05, 0) is 24.6 Å². The molecule has 1 aromatic heterocycles. The lowest BCUT2D eigenvalue weighted by Gasteiger charge is -2.20. The highest BCUT2D eigenvalue weighted by atomic mass is 16.6. The lowest BCUT2D eigenvalue weighted by molar-refractivity contribution is 0.169. The van der Waals surface area contributed by atoms with Crippen LogP contribution >= 0.6 is 0 Å². The lowest BCUT2D eigenvalue weighted by Crippen LogP contribution is -2.15. The summed E-state index contributed by atoms with van der Waals surface area (Å²) >= 11 is 0. The third-order valence-corrected chi connectivity index (χ3v) is 3.23. The molecule has 100 valence electrons. The van der Waals surface area contributed by atoms with Crippen molar-refractivity contribution < 1.29 is 14.6 Å². The van der Waals surface area contributed by atoms with Crippen LogP contribution in [0.1, 0.15) is 22.9 Å². The Morgan fingerprint density at radius 3 is 2.68 bits per heavy atom. The van der Waals surface area contributed by atoms with E-state index in [9.17, 15) is 5.11 Å². The molecule has 1 atom stereocenters. The number of nitrogens with zero attached hydrogens (tertiary/aromatic N) is 2. The topological polar surface area (TPSA) is 56.5 Å². The molecule has 1 N–H and O–H groups in total. The fourth-order valence-electron chi connectivity index (χ4n) is 2.30. The van der Waals surface area contributed by atoms with Gasteiger partial charge in [0.2, 0.25) is 0 Å². The first-order chi connectivity index (χ1) is 9.15. The second kappa shape index (κ2) is 4.59. The van der Waals surface area contributed by atoms with Gasteiger partial charge in [0.15, 0.2) is 11.5 Å². The smallest absolute Gasteiger partial charge is 0.161 e. The molecule has 3 rings (SSSR count). The summed E-state index contributed by atoms with van der Waals surface area (Å²) in [5.41, 5.74) is 2.41. The van der Waals surface area contributed by atoms with Crippen molar-refractivity contribution in [3.63, 3.8) is 0 Å². The van der Waals surface area contributed by atoms with E-state index in [1.165, 1.54) is 0 Å². The molecule has 19 heavy (non-hydrogen) atoms. The molecule has 0 bridgehead atoms. The number of aryl methyl sites for hydroxylation is 2. The average Bonchev–Trinajstić information content (AvgIpc) is 2.76. The summed E-state index contributed by atoms with van der Waals surface area (Å²) in [5.74, 6) is 1.41. The van der Waals surface area contributed by atoms with Crippen LogP contribution < -0.4 is 9.47 Å². The van der Waals surface area contributed by atoms with Crippen molar-refractivity contribution in [3.8, 4) is 11.5 Å². The highest BCUT2D eigenvalue weighted by Gasteiger charge is 2.19. The Hall–Kier alpha value is -2.01. The number of aromatic nitrogens is 2. The number of aliphatic hydroxyl groups is 1. The minimum Gasteiger partial charge on any atom is -0.486 e. The summed E-state index contributed by atoms with van der Waals surface area (Å²) in [7, 11) is 1.84. The van der Waals surface area contributed by atoms with Crippen LogP contribution in [0.4, 0.5) is 0 Å². The van der Waals surface area contributed by atoms with Crippen molar-refractivity contribution in [3.05, 3.63) is 41.2 Å². The number of rotatable bonds is 2. The van der Waals surface area contributed by atoms with Crippen LogP contribution in [-0.2, 0) is 7.05 Å². The molecule has 1 aromatic carbocycles. The molecule has 2 aromatic rings. The number of benzene rings is 1. The molecule has 0 saturated carbocycles. The molecular weight excluding hydrogens is 244 g/mol. The van der Waals surface area contributed by atoms with Gasteiger partial charge in [0.25, 0.3) is 0 Å². The number of hydrogen-bond acceptors (Lipinski definition) is 4. The number of hydrogen-bond donors (Lipinski definition) is 1. The molecule has 0 saturated heterocycles. The minimum atomic E-state index is -0.704. The number of ether oxygens (including phenoxy) is 2. The molecule has 5 heteroatoms. The van der Waals surface area contributed by atoms with E-state index < -0.39 is 6.10 Å². The lowest BCUT2D eigenvalue weighted by atomic mass is 10.0. The van der Waals surface area contributed by atoms with Crippen molar-refractivity contribution in [2.75, 3.05) is 13.2 Å². The second-order valence-corrected chi connectivity index (χ2v) is 4.65. The summed E-state index contributed by atoms with van der Waals surface area (Å²) in [6.45, 7) is 2.99. The van der Waals surface area contributed by atoms with Gasteiger partial charge in [0.05, 0.1) is 5.69 Å². The number of aliphatic hydroxyl groups excluding tert-OH is 1. The van der Waals surface area contributed by atoms with Crippen molar-refractivity contribution in [1.29, 1.82) is 0 Å². The van der Waals surface area contributed by atoms with Crippen molar-refractivity contribution >= 4 is 0 Å². The quantitative estimate of drug-likeness (QED) is 0.890. The molecule has 2 heterocycles. The van der Waals surface area contributed by atoms with E-state index in [0.29, 0.717) is 19.0 Å². The van der Waals surface area contributed by atoms with E-state index in [4.69, 9.17) is 9.47 Å². The van der Waals surface area contributed by atoms with E-state index in [2.05, 4.69) is 5.10 Å². The van der Waals surface area contributed by atoms with Crippen LogP contribution in [0.25, 0.3) is 0 Å². The Morgan fingerprint density at radius 2 is 2.00 bits per heavy atom. The monoisotopic (exact) mass is 260 g/mol. The molecule has 1 aliphatic heterocycles. The molecule has 1 unspecified atom stereocenters. The summed E-state index contributed by atoms with van der Waals surface area (Å²) in [6.07, 6.45) is 1.13. The maximum atomic E-state index is 10.4. The predicted octanol–water partition coefficient (Wildman–Crippen LogP) is 1.58. The van der Waals surface area contributed by atoms with Crippen LogP contribution in [0.5, 0.6) is 11.5 Å². The first-order valence-corrected chi connectivity index (χ1v) is 6.23.